The van der Waals surface area contributed by atoms with Crippen LogP contribution < -0.4 is 15.5 Å². The second-order valence-corrected chi connectivity index (χ2v) is 9.56. The number of halogens is 4. The summed E-state index contributed by atoms with van der Waals surface area (Å²) in [6, 6.07) is 16.3. The number of benzene rings is 3. The van der Waals surface area contributed by atoms with Crippen LogP contribution >= 0.6 is 0 Å². The topological polar surface area (TPSA) is 85.0 Å². The molecule has 1 aliphatic heterocycles. The summed E-state index contributed by atoms with van der Waals surface area (Å²) >= 11 is 0. The minimum absolute atomic E-state index is 0.0702. The normalized spacial score (nSPS) is 13.3. The van der Waals surface area contributed by atoms with Crippen LogP contribution in [0, 0.1) is 5.82 Å². The fourth-order valence-corrected chi connectivity index (χ4v) is 4.45. The first kappa shape index (κ1) is 30.1. The zero-order chi connectivity index (χ0) is 30.3. The molecule has 0 saturated carbocycles. The van der Waals surface area contributed by atoms with Crippen LogP contribution in [-0.2, 0) is 11.0 Å². The number of rotatable bonds is 8. The zero-order valence-corrected chi connectivity index (χ0v) is 22.5. The number of anilines is 3. The van der Waals surface area contributed by atoms with E-state index in [2.05, 4.69) is 17.2 Å². The molecule has 0 aliphatic carbocycles. The Balaban J connectivity index is 1.28. The van der Waals surface area contributed by atoms with Crippen molar-refractivity contribution in [1.29, 1.82) is 0 Å². The molecule has 4 amide bonds. The highest BCUT2D eigenvalue weighted by atomic mass is 19.4. The third kappa shape index (κ3) is 7.87. The van der Waals surface area contributed by atoms with E-state index in [0.29, 0.717) is 31.9 Å². The number of nitrogens with zero attached hydrogens (tertiary/aromatic N) is 3. The van der Waals surface area contributed by atoms with Crippen LogP contribution in [0.4, 0.5) is 39.4 Å². The van der Waals surface area contributed by atoms with Crippen molar-refractivity contribution in [2.75, 3.05) is 54.8 Å². The van der Waals surface area contributed by atoms with Crippen LogP contribution in [0.3, 0.4) is 0 Å². The van der Waals surface area contributed by atoms with Gasteiger partial charge in [0.1, 0.15) is 12.4 Å². The van der Waals surface area contributed by atoms with Gasteiger partial charge in [-0.1, -0.05) is 18.2 Å². The lowest BCUT2D eigenvalue weighted by molar-refractivity contribution is -0.137. The Morgan fingerprint density at radius 2 is 1.57 bits per heavy atom. The van der Waals surface area contributed by atoms with Gasteiger partial charge in [0.05, 0.1) is 5.56 Å². The van der Waals surface area contributed by atoms with Gasteiger partial charge in [0.25, 0.3) is 5.91 Å². The SMILES string of the molecule is C=CCN(CC(=O)Nc1ccc(N2CCN(C(=O)Nc3cccc(C(F)(F)F)c3)CC2)cc1)C(=O)c1cccc(F)c1. The van der Waals surface area contributed by atoms with Crippen LogP contribution in [0.25, 0.3) is 0 Å². The third-order valence-corrected chi connectivity index (χ3v) is 6.57. The maximum Gasteiger partial charge on any atom is 0.416 e. The van der Waals surface area contributed by atoms with Gasteiger partial charge in [-0.25, -0.2) is 9.18 Å². The van der Waals surface area contributed by atoms with Crippen LogP contribution in [0.2, 0.25) is 0 Å². The average molecular weight is 584 g/mol. The van der Waals surface area contributed by atoms with Crippen molar-refractivity contribution in [3.8, 4) is 0 Å². The summed E-state index contributed by atoms with van der Waals surface area (Å²) in [7, 11) is 0. The number of hydrogen-bond donors (Lipinski definition) is 2. The van der Waals surface area contributed by atoms with Gasteiger partial charge in [-0.05, 0) is 60.7 Å². The summed E-state index contributed by atoms with van der Waals surface area (Å²) in [6.45, 7) is 5.19. The van der Waals surface area contributed by atoms with Gasteiger partial charge in [0, 0.05) is 55.3 Å². The van der Waals surface area contributed by atoms with Crippen molar-refractivity contribution in [2.45, 2.75) is 6.18 Å². The zero-order valence-electron chi connectivity index (χ0n) is 22.5. The number of carbonyl (C=O) groups is 3. The Labute approximate surface area is 240 Å². The van der Waals surface area contributed by atoms with E-state index in [9.17, 15) is 31.9 Å². The molecule has 0 atom stereocenters. The maximum absolute atomic E-state index is 13.5. The van der Waals surface area contributed by atoms with E-state index in [-0.39, 0.29) is 24.3 Å². The second kappa shape index (κ2) is 13.2. The summed E-state index contributed by atoms with van der Waals surface area (Å²) in [5, 5.41) is 5.27. The molecule has 1 heterocycles. The Morgan fingerprint density at radius 1 is 0.881 bits per heavy atom. The fraction of sp³-hybridized carbons (Fsp3) is 0.233. The summed E-state index contributed by atoms with van der Waals surface area (Å²) in [5.41, 5.74) is 0.736. The summed E-state index contributed by atoms with van der Waals surface area (Å²) in [6.07, 6.45) is -3.02. The Kier molecular flexibility index (Phi) is 9.46. The highest BCUT2D eigenvalue weighted by Gasteiger charge is 2.31. The molecule has 0 radical (unpaired) electrons. The van der Waals surface area contributed by atoms with Crippen molar-refractivity contribution >= 4 is 34.9 Å². The van der Waals surface area contributed by atoms with Gasteiger partial charge in [-0.3, -0.25) is 9.59 Å². The summed E-state index contributed by atoms with van der Waals surface area (Å²) in [4.78, 5) is 42.9. The minimum Gasteiger partial charge on any atom is -0.368 e. The molecule has 1 fully saturated rings. The molecule has 12 heteroatoms. The molecule has 8 nitrogen and oxygen atoms in total. The third-order valence-electron chi connectivity index (χ3n) is 6.57. The average Bonchev–Trinajstić information content (AvgIpc) is 2.97. The molecular weight excluding hydrogens is 554 g/mol. The van der Waals surface area contributed by atoms with Crippen LogP contribution in [0.15, 0.2) is 85.5 Å². The number of piperazine rings is 1. The van der Waals surface area contributed by atoms with Gasteiger partial charge in [0.15, 0.2) is 0 Å². The number of alkyl halides is 3. The van der Waals surface area contributed by atoms with Gasteiger partial charge < -0.3 is 25.3 Å². The number of amides is 4. The first-order chi connectivity index (χ1) is 20.0. The molecule has 4 rings (SSSR count). The van der Waals surface area contributed by atoms with Crippen molar-refractivity contribution in [3.05, 3.63) is 102 Å². The molecule has 2 N–H and O–H groups in total. The van der Waals surface area contributed by atoms with E-state index < -0.39 is 35.4 Å². The monoisotopic (exact) mass is 583 g/mol. The Bertz CT molecular complexity index is 1440. The lowest BCUT2D eigenvalue weighted by atomic mass is 10.2. The van der Waals surface area contributed by atoms with E-state index in [1.165, 1.54) is 46.2 Å². The Hall–Kier alpha value is -4.87. The standard InChI is InChI=1S/C30H29F4N5O3/c1-2-13-39(28(41)21-5-3-7-23(31)18-21)20-27(40)35-24-9-11-26(12-10-24)37-14-16-38(17-15-37)29(42)36-25-8-4-6-22(19-25)30(32,33)34/h2-12,18-19H,1,13-17,20H2,(H,35,40)(H,36,42). The van der Waals surface area contributed by atoms with Crippen molar-refractivity contribution < 1.29 is 31.9 Å². The van der Waals surface area contributed by atoms with Gasteiger partial charge in [0.2, 0.25) is 5.91 Å². The molecular formula is C30H29F4N5O3. The first-order valence-electron chi connectivity index (χ1n) is 13.1. The van der Waals surface area contributed by atoms with Crippen molar-refractivity contribution in [1.82, 2.24) is 9.80 Å². The molecule has 3 aromatic rings. The highest BCUT2D eigenvalue weighted by molar-refractivity contribution is 5.99. The minimum atomic E-state index is -4.50. The predicted molar refractivity (Wildman–Crippen MR) is 152 cm³/mol. The number of carbonyl (C=O) groups excluding carboxylic acids is 3. The van der Waals surface area contributed by atoms with Gasteiger partial charge in [-0.15, -0.1) is 6.58 Å². The van der Waals surface area contributed by atoms with Gasteiger partial charge in [-0.2, -0.15) is 13.2 Å². The van der Waals surface area contributed by atoms with Crippen LogP contribution in [-0.4, -0.2) is 66.9 Å². The molecule has 0 bridgehead atoms. The molecule has 0 aromatic heterocycles. The summed E-state index contributed by atoms with van der Waals surface area (Å²) in [5.74, 6) is -1.49. The molecule has 0 spiro atoms. The largest absolute Gasteiger partial charge is 0.416 e. The quantitative estimate of drug-likeness (QED) is 0.272. The second-order valence-electron chi connectivity index (χ2n) is 9.56. The number of hydrogen-bond acceptors (Lipinski definition) is 4. The Morgan fingerprint density at radius 3 is 2.21 bits per heavy atom. The predicted octanol–water partition coefficient (Wildman–Crippen LogP) is 5.47. The number of urea groups is 1. The van der Waals surface area contributed by atoms with E-state index >= 15 is 0 Å². The smallest absolute Gasteiger partial charge is 0.368 e. The highest BCUT2D eigenvalue weighted by Crippen LogP contribution is 2.30. The van der Waals surface area contributed by atoms with Crippen molar-refractivity contribution in [2.24, 2.45) is 0 Å². The van der Waals surface area contributed by atoms with E-state index in [4.69, 9.17) is 0 Å². The molecule has 1 aliphatic rings. The van der Waals surface area contributed by atoms with Crippen LogP contribution in [0.5, 0.6) is 0 Å². The fourth-order valence-electron chi connectivity index (χ4n) is 4.45. The lowest BCUT2D eigenvalue weighted by Gasteiger charge is -2.36. The molecule has 0 unspecified atom stereocenters. The van der Waals surface area contributed by atoms with E-state index in [1.54, 1.807) is 12.1 Å². The lowest BCUT2D eigenvalue weighted by Crippen LogP contribution is -2.50. The molecule has 220 valence electrons. The van der Waals surface area contributed by atoms with E-state index in [1.807, 2.05) is 17.0 Å². The number of nitrogens with one attached hydrogen (secondary N) is 2. The van der Waals surface area contributed by atoms with Crippen LogP contribution in [0.1, 0.15) is 15.9 Å². The first-order valence-corrected chi connectivity index (χ1v) is 13.1. The maximum atomic E-state index is 13.5. The summed E-state index contributed by atoms with van der Waals surface area (Å²) < 4.78 is 52.4. The van der Waals surface area contributed by atoms with E-state index in [0.717, 1.165) is 23.9 Å². The molecule has 3 aromatic carbocycles. The van der Waals surface area contributed by atoms with Gasteiger partial charge >= 0.3 is 12.2 Å². The van der Waals surface area contributed by atoms with Crippen molar-refractivity contribution in [3.63, 3.8) is 0 Å². The molecule has 42 heavy (non-hydrogen) atoms. The molecule has 1 saturated heterocycles.